The van der Waals surface area contributed by atoms with Gasteiger partial charge < -0.3 is 15.3 Å². The third-order valence-corrected chi connectivity index (χ3v) is 3.58. The van der Waals surface area contributed by atoms with Gasteiger partial charge in [-0.3, -0.25) is 9.69 Å². The molecule has 0 spiro atoms. The van der Waals surface area contributed by atoms with E-state index in [0.29, 0.717) is 12.6 Å². The summed E-state index contributed by atoms with van der Waals surface area (Å²) in [5.41, 5.74) is 0. The highest BCUT2D eigenvalue weighted by Gasteiger charge is 2.25. The third kappa shape index (κ3) is 5.06. The Hall–Kier alpha value is -1.30. The van der Waals surface area contributed by atoms with Crippen LogP contribution in [0.25, 0.3) is 0 Å². The van der Waals surface area contributed by atoms with Gasteiger partial charge in [-0.25, -0.2) is 4.79 Å². The molecular weight excluding hydrogens is 246 g/mol. The maximum atomic E-state index is 12.0. The average Bonchev–Trinajstić information content (AvgIpc) is 2.35. The Labute approximate surface area is 114 Å². The van der Waals surface area contributed by atoms with Crippen LogP contribution in [-0.4, -0.2) is 65.7 Å². The molecule has 6 heteroatoms. The van der Waals surface area contributed by atoms with Crippen molar-refractivity contribution in [2.75, 3.05) is 32.7 Å². The van der Waals surface area contributed by atoms with Gasteiger partial charge in [-0.1, -0.05) is 13.8 Å². The van der Waals surface area contributed by atoms with Crippen LogP contribution >= 0.6 is 0 Å². The Bertz CT molecular complexity index is 322. The van der Waals surface area contributed by atoms with Crippen molar-refractivity contribution in [1.29, 1.82) is 0 Å². The van der Waals surface area contributed by atoms with Crippen LogP contribution in [0.5, 0.6) is 0 Å². The highest BCUT2D eigenvalue weighted by Crippen LogP contribution is 2.09. The van der Waals surface area contributed by atoms with E-state index in [0.717, 1.165) is 26.2 Å². The summed E-state index contributed by atoms with van der Waals surface area (Å²) < 4.78 is 0. The first-order valence-electron chi connectivity index (χ1n) is 6.92. The van der Waals surface area contributed by atoms with Crippen LogP contribution in [0.3, 0.4) is 0 Å². The molecule has 1 saturated heterocycles. The second-order valence-corrected chi connectivity index (χ2v) is 5.31. The van der Waals surface area contributed by atoms with Gasteiger partial charge in [-0.15, -0.1) is 0 Å². The number of carbonyl (C=O) groups excluding carboxylic acids is 1. The van der Waals surface area contributed by atoms with E-state index < -0.39 is 5.97 Å². The molecule has 0 aliphatic carbocycles. The minimum absolute atomic E-state index is 0.0456. The Morgan fingerprint density at radius 1 is 1.42 bits per heavy atom. The molecule has 1 rings (SSSR count). The number of carboxylic acid groups (broad SMARTS) is 1. The van der Waals surface area contributed by atoms with Crippen LogP contribution in [0.4, 0.5) is 4.79 Å². The number of carboxylic acids is 1. The monoisotopic (exact) mass is 271 g/mol. The molecule has 1 heterocycles. The second-order valence-electron chi connectivity index (χ2n) is 5.31. The SMILES string of the molecule is CCN1CCN(C(=O)NCC(C)CC(=O)O)CC1C. The van der Waals surface area contributed by atoms with Crippen molar-refractivity contribution in [3.05, 3.63) is 0 Å². The summed E-state index contributed by atoms with van der Waals surface area (Å²) in [6.07, 6.45) is 0.0836. The maximum Gasteiger partial charge on any atom is 0.317 e. The predicted octanol–water partition coefficient (Wildman–Crippen LogP) is 0.833. The summed E-state index contributed by atoms with van der Waals surface area (Å²) in [6.45, 7) is 9.85. The summed E-state index contributed by atoms with van der Waals surface area (Å²) in [6, 6.07) is 0.292. The Balaban J connectivity index is 2.32. The van der Waals surface area contributed by atoms with E-state index in [1.165, 1.54) is 0 Å². The molecule has 2 atom stereocenters. The largest absolute Gasteiger partial charge is 0.481 e. The Morgan fingerprint density at radius 3 is 2.63 bits per heavy atom. The van der Waals surface area contributed by atoms with Crippen LogP contribution in [0, 0.1) is 5.92 Å². The number of nitrogens with zero attached hydrogens (tertiary/aromatic N) is 2. The van der Waals surface area contributed by atoms with Crippen molar-refractivity contribution in [3.63, 3.8) is 0 Å². The van der Waals surface area contributed by atoms with E-state index in [4.69, 9.17) is 5.11 Å². The lowest BCUT2D eigenvalue weighted by atomic mass is 10.1. The number of aliphatic carboxylic acids is 1. The normalized spacial score (nSPS) is 22.1. The van der Waals surface area contributed by atoms with E-state index in [1.54, 1.807) is 0 Å². The summed E-state index contributed by atoms with van der Waals surface area (Å²) >= 11 is 0. The van der Waals surface area contributed by atoms with Gasteiger partial charge in [0.05, 0.1) is 0 Å². The van der Waals surface area contributed by atoms with Gasteiger partial charge in [0.25, 0.3) is 0 Å². The summed E-state index contributed by atoms with van der Waals surface area (Å²) in [7, 11) is 0. The molecule has 0 saturated carbocycles. The van der Waals surface area contributed by atoms with Crippen LogP contribution in [0.2, 0.25) is 0 Å². The molecule has 2 N–H and O–H groups in total. The number of nitrogens with one attached hydrogen (secondary N) is 1. The molecule has 0 aromatic heterocycles. The van der Waals surface area contributed by atoms with Gasteiger partial charge >= 0.3 is 12.0 Å². The van der Waals surface area contributed by atoms with Gasteiger partial charge in [0.15, 0.2) is 0 Å². The lowest BCUT2D eigenvalue weighted by molar-refractivity contribution is -0.137. The average molecular weight is 271 g/mol. The number of amides is 2. The van der Waals surface area contributed by atoms with Gasteiger partial charge in [0, 0.05) is 38.6 Å². The number of hydrogen-bond acceptors (Lipinski definition) is 3. The van der Waals surface area contributed by atoms with E-state index in [2.05, 4.69) is 24.1 Å². The number of likely N-dealkylation sites (N-methyl/N-ethyl adjacent to an activating group) is 1. The number of rotatable bonds is 5. The summed E-state index contributed by atoms with van der Waals surface area (Å²) in [5, 5.41) is 11.5. The first kappa shape index (κ1) is 15.8. The van der Waals surface area contributed by atoms with E-state index in [1.807, 2.05) is 11.8 Å². The first-order chi connectivity index (χ1) is 8.93. The molecule has 1 aliphatic rings. The molecular formula is C13H25N3O3. The highest BCUT2D eigenvalue weighted by atomic mass is 16.4. The van der Waals surface area contributed by atoms with E-state index in [9.17, 15) is 9.59 Å². The van der Waals surface area contributed by atoms with Crippen molar-refractivity contribution in [1.82, 2.24) is 15.1 Å². The molecule has 110 valence electrons. The van der Waals surface area contributed by atoms with Crippen molar-refractivity contribution < 1.29 is 14.7 Å². The molecule has 1 aliphatic heterocycles. The zero-order valence-corrected chi connectivity index (χ0v) is 12.1. The molecule has 0 radical (unpaired) electrons. The standard InChI is InChI=1S/C13H25N3O3/c1-4-15-5-6-16(9-11(15)3)13(19)14-8-10(2)7-12(17)18/h10-11H,4-9H2,1-3H3,(H,14,19)(H,17,18). The molecule has 19 heavy (non-hydrogen) atoms. The van der Waals surface area contributed by atoms with Gasteiger partial charge in [0.1, 0.15) is 0 Å². The molecule has 0 bridgehead atoms. The van der Waals surface area contributed by atoms with Gasteiger partial charge in [-0.2, -0.15) is 0 Å². The van der Waals surface area contributed by atoms with Gasteiger partial charge in [0.2, 0.25) is 0 Å². The Kier molecular flexibility index (Phi) is 6.08. The number of piperazine rings is 1. The molecule has 2 amide bonds. The van der Waals surface area contributed by atoms with E-state index >= 15 is 0 Å². The molecule has 1 fully saturated rings. The number of urea groups is 1. The maximum absolute atomic E-state index is 12.0. The van der Waals surface area contributed by atoms with Crippen LogP contribution in [-0.2, 0) is 4.79 Å². The zero-order chi connectivity index (χ0) is 14.4. The number of carbonyl (C=O) groups is 2. The second kappa shape index (κ2) is 7.33. The van der Waals surface area contributed by atoms with E-state index in [-0.39, 0.29) is 18.4 Å². The third-order valence-electron chi connectivity index (χ3n) is 3.58. The van der Waals surface area contributed by atoms with Crippen molar-refractivity contribution in [2.24, 2.45) is 5.92 Å². The molecule has 0 aromatic rings. The fourth-order valence-corrected chi connectivity index (χ4v) is 2.39. The molecule has 0 aromatic carbocycles. The van der Waals surface area contributed by atoms with Crippen molar-refractivity contribution >= 4 is 12.0 Å². The summed E-state index contributed by atoms with van der Waals surface area (Å²) in [4.78, 5) is 26.7. The molecule has 2 unspecified atom stereocenters. The van der Waals surface area contributed by atoms with Crippen LogP contribution in [0.15, 0.2) is 0 Å². The lowest BCUT2D eigenvalue weighted by Gasteiger charge is -2.39. The molecule has 6 nitrogen and oxygen atoms in total. The van der Waals surface area contributed by atoms with Crippen LogP contribution in [0.1, 0.15) is 27.2 Å². The summed E-state index contributed by atoms with van der Waals surface area (Å²) in [5.74, 6) is -0.872. The zero-order valence-electron chi connectivity index (χ0n) is 12.1. The number of hydrogen-bond donors (Lipinski definition) is 2. The highest BCUT2D eigenvalue weighted by molar-refractivity contribution is 5.74. The van der Waals surface area contributed by atoms with Crippen molar-refractivity contribution in [3.8, 4) is 0 Å². The minimum Gasteiger partial charge on any atom is -0.481 e. The fraction of sp³-hybridized carbons (Fsp3) is 0.846. The fourth-order valence-electron chi connectivity index (χ4n) is 2.39. The predicted molar refractivity (Wildman–Crippen MR) is 73.1 cm³/mol. The lowest BCUT2D eigenvalue weighted by Crippen LogP contribution is -2.55. The smallest absolute Gasteiger partial charge is 0.317 e. The quantitative estimate of drug-likeness (QED) is 0.777. The van der Waals surface area contributed by atoms with Gasteiger partial charge in [-0.05, 0) is 19.4 Å². The topological polar surface area (TPSA) is 72.9 Å². The first-order valence-corrected chi connectivity index (χ1v) is 6.92. The minimum atomic E-state index is -0.827. The Morgan fingerprint density at radius 2 is 2.11 bits per heavy atom. The van der Waals surface area contributed by atoms with Crippen LogP contribution < -0.4 is 5.32 Å². The van der Waals surface area contributed by atoms with Crippen molar-refractivity contribution in [2.45, 2.75) is 33.2 Å².